The van der Waals surface area contributed by atoms with Crippen LogP contribution in [0.15, 0.2) is 29.1 Å². The standard InChI is InChI=1S/C9H10O3/c1-2-12-9(10)4-3-8-5-6-11-7-8/h3-7H,2H2,1H3/b4-3+. The van der Waals surface area contributed by atoms with Crippen molar-refractivity contribution in [2.24, 2.45) is 0 Å². The minimum absolute atomic E-state index is 0.335. The highest BCUT2D eigenvalue weighted by Gasteiger charge is 1.93. The summed E-state index contributed by atoms with van der Waals surface area (Å²) in [6.07, 6.45) is 6.11. The van der Waals surface area contributed by atoms with Gasteiger partial charge >= 0.3 is 5.97 Å². The molecule has 0 bridgehead atoms. The normalized spacial score (nSPS) is 10.4. The second-order valence-corrected chi connectivity index (χ2v) is 2.14. The fourth-order valence-corrected chi connectivity index (χ4v) is 0.724. The number of hydrogen-bond donors (Lipinski definition) is 0. The number of hydrogen-bond acceptors (Lipinski definition) is 3. The molecular formula is C9H10O3. The average molecular weight is 166 g/mol. The Kier molecular flexibility index (Phi) is 3.14. The third kappa shape index (κ3) is 2.62. The number of esters is 1. The Balaban J connectivity index is 2.45. The predicted molar refractivity (Wildman–Crippen MR) is 44.4 cm³/mol. The van der Waals surface area contributed by atoms with Crippen molar-refractivity contribution < 1.29 is 13.9 Å². The van der Waals surface area contributed by atoms with Gasteiger partial charge < -0.3 is 9.15 Å². The van der Waals surface area contributed by atoms with Gasteiger partial charge in [0.15, 0.2) is 0 Å². The van der Waals surface area contributed by atoms with Crippen molar-refractivity contribution in [3.63, 3.8) is 0 Å². The Morgan fingerprint density at radius 2 is 2.58 bits per heavy atom. The molecule has 1 rings (SSSR count). The zero-order valence-corrected chi connectivity index (χ0v) is 6.82. The van der Waals surface area contributed by atoms with Gasteiger partial charge in [-0.2, -0.15) is 0 Å². The summed E-state index contributed by atoms with van der Waals surface area (Å²) in [5.74, 6) is -0.335. The van der Waals surface area contributed by atoms with Crippen LogP contribution in [0.3, 0.4) is 0 Å². The Morgan fingerprint density at radius 1 is 1.75 bits per heavy atom. The Labute approximate surface area is 70.6 Å². The third-order valence-electron chi connectivity index (χ3n) is 1.24. The lowest BCUT2D eigenvalue weighted by molar-refractivity contribution is -0.137. The molecule has 0 radical (unpaired) electrons. The number of rotatable bonds is 3. The van der Waals surface area contributed by atoms with Crippen molar-refractivity contribution in [2.45, 2.75) is 6.92 Å². The Hall–Kier alpha value is -1.51. The molecule has 0 aromatic carbocycles. The molecule has 3 nitrogen and oxygen atoms in total. The first-order valence-electron chi connectivity index (χ1n) is 3.70. The van der Waals surface area contributed by atoms with Gasteiger partial charge in [0.2, 0.25) is 0 Å². The van der Waals surface area contributed by atoms with Gasteiger partial charge in [0, 0.05) is 11.6 Å². The third-order valence-corrected chi connectivity index (χ3v) is 1.24. The SMILES string of the molecule is CCOC(=O)/C=C/c1ccoc1. The van der Waals surface area contributed by atoms with Crippen molar-refractivity contribution in [1.29, 1.82) is 0 Å². The van der Waals surface area contributed by atoms with E-state index < -0.39 is 0 Å². The topological polar surface area (TPSA) is 39.4 Å². The van der Waals surface area contributed by atoms with Crippen molar-refractivity contribution in [1.82, 2.24) is 0 Å². The molecule has 64 valence electrons. The van der Waals surface area contributed by atoms with Gasteiger partial charge in [-0.05, 0) is 19.1 Å². The van der Waals surface area contributed by atoms with E-state index >= 15 is 0 Å². The van der Waals surface area contributed by atoms with Crippen molar-refractivity contribution in [3.8, 4) is 0 Å². The van der Waals surface area contributed by atoms with Gasteiger partial charge in [0.1, 0.15) is 0 Å². The molecule has 0 aliphatic carbocycles. The lowest BCUT2D eigenvalue weighted by Crippen LogP contribution is -1.98. The monoisotopic (exact) mass is 166 g/mol. The van der Waals surface area contributed by atoms with Crippen LogP contribution in [0.1, 0.15) is 12.5 Å². The van der Waals surface area contributed by atoms with E-state index in [1.165, 1.54) is 6.08 Å². The summed E-state index contributed by atoms with van der Waals surface area (Å²) in [4.78, 5) is 10.8. The molecule has 0 aliphatic rings. The molecule has 1 aromatic heterocycles. The highest BCUT2D eigenvalue weighted by molar-refractivity contribution is 5.86. The van der Waals surface area contributed by atoms with Crippen LogP contribution in [-0.2, 0) is 9.53 Å². The first-order chi connectivity index (χ1) is 5.83. The molecule has 3 heteroatoms. The molecule has 12 heavy (non-hydrogen) atoms. The predicted octanol–water partition coefficient (Wildman–Crippen LogP) is 1.86. The van der Waals surface area contributed by atoms with Crippen molar-refractivity contribution in [3.05, 3.63) is 30.2 Å². The molecule has 0 atom stereocenters. The maximum Gasteiger partial charge on any atom is 0.330 e. The maximum atomic E-state index is 10.8. The van der Waals surface area contributed by atoms with Crippen LogP contribution >= 0.6 is 0 Å². The van der Waals surface area contributed by atoms with Gasteiger partial charge in [0.05, 0.1) is 19.1 Å². The van der Waals surface area contributed by atoms with Crippen LogP contribution in [0.5, 0.6) is 0 Å². The maximum absolute atomic E-state index is 10.8. The minimum Gasteiger partial charge on any atom is -0.472 e. The van der Waals surface area contributed by atoms with E-state index in [9.17, 15) is 4.79 Å². The fourth-order valence-electron chi connectivity index (χ4n) is 0.724. The summed E-state index contributed by atoms with van der Waals surface area (Å²) in [5.41, 5.74) is 0.850. The minimum atomic E-state index is -0.335. The Bertz CT molecular complexity index is 259. The van der Waals surface area contributed by atoms with Gasteiger partial charge in [-0.15, -0.1) is 0 Å². The molecule has 1 heterocycles. The summed E-state index contributed by atoms with van der Waals surface area (Å²) < 4.78 is 9.49. The van der Waals surface area contributed by atoms with Crippen molar-refractivity contribution in [2.75, 3.05) is 6.61 Å². The van der Waals surface area contributed by atoms with Crippen LogP contribution in [0.4, 0.5) is 0 Å². The zero-order chi connectivity index (χ0) is 8.81. The molecule has 1 aromatic rings. The van der Waals surface area contributed by atoms with E-state index in [1.807, 2.05) is 0 Å². The number of carbonyl (C=O) groups is 1. The van der Waals surface area contributed by atoms with E-state index in [-0.39, 0.29) is 5.97 Å². The van der Waals surface area contributed by atoms with E-state index in [0.717, 1.165) is 5.56 Å². The van der Waals surface area contributed by atoms with Crippen LogP contribution in [-0.4, -0.2) is 12.6 Å². The van der Waals surface area contributed by atoms with E-state index in [0.29, 0.717) is 6.61 Å². The van der Waals surface area contributed by atoms with Gasteiger partial charge in [-0.25, -0.2) is 4.79 Å². The van der Waals surface area contributed by atoms with Gasteiger partial charge in [0.25, 0.3) is 0 Å². The van der Waals surface area contributed by atoms with E-state index in [2.05, 4.69) is 4.74 Å². The lowest BCUT2D eigenvalue weighted by atomic mass is 10.3. The lowest BCUT2D eigenvalue weighted by Gasteiger charge is -1.92. The molecule has 0 saturated carbocycles. The molecular weight excluding hydrogens is 156 g/mol. The molecule has 0 amide bonds. The first kappa shape index (κ1) is 8.59. The number of carbonyl (C=O) groups excluding carboxylic acids is 1. The quantitative estimate of drug-likeness (QED) is 0.508. The fraction of sp³-hybridized carbons (Fsp3) is 0.222. The highest BCUT2D eigenvalue weighted by atomic mass is 16.5. The summed E-state index contributed by atoms with van der Waals surface area (Å²) in [6.45, 7) is 2.16. The van der Waals surface area contributed by atoms with Crippen LogP contribution < -0.4 is 0 Å². The molecule has 0 fully saturated rings. The smallest absolute Gasteiger partial charge is 0.330 e. The molecule has 0 N–H and O–H groups in total. The number of ether oxygens (including phenoxy) is 1. The Morgan fingerprint density at radius 3 is 3.17 bits per heavy atom. The second kappa shape index (κ2) is 4.38. The largest absolute Gasteiger partial charge is 0.472 e. The van der Waals surface area contributed by atoms with Crippen LogP contribution in [0.25, 0.3) is 6.08 Å². The molecule has 0 aliphatic heterocycles. The molecule has 0 unspecified atom stereocenters. The van der Waals surface area contributed by atoms with Gasteiger partial charge in [-0.3, -0.25) is 0 Å². The van der Waals surface area contributed by atoms with Crippen LogP contribution in [0, 0.1) is 0 Å². The van der Waals surface area contributed by atoms with E-state index in [4.69, 9.17) is 4.42 Å². The van der Waals surface area contributed by atoms with Crippen LogP contribution in [0.2, 0.25) is 0 Å². The van der Waals surface area contributed by atoms with Crippen molar-refractivity contribution >= 4 is 12.0 Å². The second-order valence-electron chi connectivity index (χ2n) is 2.14. The summed E-state index contributed by atoms with van der Waals surface area (Å²) in [6, 6.07) is 1.76. The van der Waals surface area contributed by atoms with E-state index in [1.54, 1.807) is 31.6 Å². The molecule has 0 saturated heterocycles. The zero-order valence-electron chi connectivity index (χ0n) is 6.82. The highest BCUT2D eigenvalue weighted by Crippen LogP contribution is 2.01. The number of furan rings is 1. The average Bonchev–Trinajstić information content (AvgIpc) is 2.53. The molecule has 0 spiro atoms. The first-order valence-corrected chi connectivity index (χ1v) is 3.70. The van der Waals surface area contributed by atoms with Gasteiger partial charge in [-0.1, -0.05) is 0 Å². The summed E-state index contributed by atoms with van der Waals surface area (Å²) in [5, 5.41) is 0. The summed E-state index contributed by atoms with van der Waals surface area (Å²) in [7, 11) is 0. The summed E-state index contributed by atoms with van der Waals surface area (Å²) >= 11 is 0.